The molecule has 0 unspecified atom stereocenters. The van der Waals surface area contributed by atoms with Crippen LogP contribution in [-0.4, -0.2) is 11.3 Å². The van der Waals surface area contributed by atoms with Gasteiger partial charge in [0.1, 0.15) is 10.8 Å². The van der Waals surface area contributed by atoms with Crippen molar-refractivity contribution in [2.45, 2.75) is 6.36 Å². The van der Waals surface area contributed by atoms with E-state index in [0.29, 0.717) is 0 Å². The average molecular weight is 239 g/mol. The Morgan fingerprint density at radius 2 is 2.13 bits per heavy atom. The van der Waals surface area contributed by atoms with Gasteiger partial charge in [-0.25, -0.2) is 4.98 Å². The molecule has 0 amide bonds. The molecule has 0 saturated heterocycles. The number of alkyl halides is 3. The Balaban J connectivity index is 3.13. The van der Waals surface area contributed by atoms with E-state index in [4.69, 9.17) is 17.1 Å². The molecule has 0 radical (unpaired) electrons. The summed E-state index contributed by atoms with van der Waals surface area (Å²) in [7, 11) is 0. The largest absolute Gasteiger partial charge is 0.574 e. The van der Waals surface area contributed by atoms with Gasteiger partial charge in [-0.05, 0) is 17.7 Å². The van der Waals surface area contributed by atoms with Crippen molar-refractivity contribution in [3.63, 3.8) is 0 Å². The number of ether oxygens (including phenoxy) is 1. The summed E-state index contributed by atoms with van der Waals surface area (Å²) in [5.74, 6) is -0.882. The first-order chi connectivity index (χ1) is 6.92. The molecule has 0 aliphatic rings. The van der Waals surface area contributed by atoms with Crippen LogP contribution >= 0.6 is 11.6 Å². The Hall–Kier alpha value is -1.66. The van der Waals surface area contributed by atoms with Crippen LogP contribution in [0.4, 0.5) is 18.9 Å². The highest BCUT2D eigenvalue weighted by atomic mass is 35.5. The molecule has 5 nitrogen and oxygen atoms in total. The summed E-state index contributed by atoms with van der Waals surface area (Å²) in [6, 6.07) is 2.24. The molecule has 0 fully saturated rings. The molecule has 0 saturated carbocycles. The molecule has 0 aliphatic carbocycles. The molecular formula is C6H2ClF3N4O. The quantitative estimate of drug-likeness (QED) is 0.342. The van der Waals surface area contributed by atoms with Gasteiger partial charge in [-0.15, -0.1) is 13.2 Å². The van der Waals surface area contributed by atoms with E-state index in [9.17, 15) is 13.2 Å². The number of hydrogen-bond acceptors (Lipinski definition) is 3. The molecule has 1 rings (SSSR count). The van der Waals surface area contributed by atoms with Crippen LogP contribution in [0.25, 0.3) is 10.4 Å². The third-order valence-corrected chi connectivity index (χ3v) is 1.38. The van der Waals surface area contributed by atoms with Gasteiger partial charge in [0.05, 0.1) is 0 Å². The lowest BCUT2D eigenvalue weighted by Crippen LogP contribution is -2.18. The number of aromatic nitrogens is 1. The Kier molecular flexibility index (Phi) is 3.23. The maximum Gasteiger partial charge on any atom is 0.574 e. The maximum atomic E-state index is 11.9. The fourth-order valence-corrected chi connectivity index (χ4v) is 0.859. The van der Waals surface area contributed by atoms with Gasteiger partial charge < -0.3 is 4.74 Å². The molecule has 1 aromatic rings. The van der Waals surface area contributed by atoms with Gasteiger partial charge in [-0.2, -0.15) is 0 Å². The summed E-state index contributed by atoms with van der Waals surface area (Å²) in [5.41, 5.74) is 7.68. The highest BCUT2D eigenvalue weighted by Crippen LogP contribution is 2.31. The zero-order chi connectivity index (χ0) is 11.5. The summed E-state index contributed by atoms with van der Waals surface area (Å²) in [6.45, 7) is 0. The number of halogens is 4. The highest BCUT2D eigenvalue weighted by molar-refractivity contribution is 6.29. The summed E-state index contributed by atoms with van der Waals surface area (Å²) in [6.07, 6.45) is -4.92. The van der Waals surface area contributed by atoms with E-state index >= 15 is 0 Å². The minimum absolute atomic E-state index is 0.203. The van der Waals surface area contributed by atoms with E-state index in [1.54, 1.807) is 0 Å². The minimum Gasteiger partial charge on any atom is -0.387 e. The van der Waals surface area contributed by atoms with Crippen molar-refractivity contribution in [1.82, 2.24) is 4.98 Å². The second-order valence-electron chi connectivity index (χ2n) is 2.20. The number of azide groups is 1. The Bertz CT molecular complexity index is 415. The Labute approximate surface area is 86.1 Å². The molecule has 0 bridgehead atoms. The number of hydrogen-bond donors (Lipinski definition) is 0. The first-order valence-electron chi connectivity index (χ1n) is 3.40. The van der Waals surface area contributed by atoms with Crippen LogP contribution < -0.4 is 4.74 Å². The van der Waals surface area contributed by atoms with Crippen molar-refractivity contribution >= 4 is 17.3 Å². The van der Waals surface area contributed by atoms with Crippen LogP contribution in [-0.2, 0) is 0 Å². The van der Waals surface area contributed by atoms with Gasteiger partial charge in [0, 0.05) is 4.91 Å². The first kappa shape index (κ1) is 11.4. The van der Waals surface area contributed by atoms with Crippen molar-refractivity contribution in [3.05, 3.63) is 27.7 Å². The van der Waals surface area contributed by atoms with E-state index in [2.05, 4.69) is 19.7 Å². The molecule has 80 valence electrons. The summed E-state index contributed by atoms with van der Waals surface area (Å²) in [5, 5.41) is 2.76. The smallest absolute Gasteiger partial charge is 0.387 e. The van der Waals surface area contributed by atoms with Gasteiger partial charge in [-0.3, -0.25) is 0 Å². The topological polar surface area (TPSA) is 70.9 Å². The van der Waals surface area contributed by atoms with Crippen LogP contribution in [0.15, 0.2) is 17.2 Å². The lowest BCUT2D eigenvalue weighted by Gasteiger charge is -2.09. The number of pyridine rings is 1. The number of rotatable bonds is 2. The van der Waals surface area contributed by atoms with E-state index in [1.807, 2.05) is 0 Å². The fourth-order valence-electron chi connectivity index (χ4n) is 0.720. The zero-order valence-corrected chi connectivity index (χ0v) is 7.62. The van der Waals surface area contributed by atoms with Crippen molar-refractivity contribution < 1.29 is 17.9 Å². The zero-order valence-electron chi connectivity index (χ0n) is 6.86. The van der Waals surface area contributed by atoms with Gasteiger partial charge in [0.2, 0.25) is 5.88 Å². The normalized spacial score (nSPS) is 10.7. The average Bonchev–Trinajstić information content (AvgIpc) is 2.07. The minimum atomic E-state index is -4.92. The first-order valence-corrected chi connectivity index (χ1v) is 3.77. The molecular weight excluding hydrogens is 237 g/mol. The third-order valence-electron chi connectivity index (χ3n) is 1.17. The Morgan fingerprint density at radius 3 is 2.67 bits per heavy atom. The lowest BCUT2D eigenvalue weighted by molar-refractivity contribution is -0.275. The summed E-state index contributed by atoms with van der Waals surface area (Å²) in [4.78, 5) is 5.56. The number of nitrogens with zero attached hydrogens (tertiary/aromatic N) is 4. The van der Waals surface area contributed by atoms with Gasteiger partial charge in [0.15, 0.2) is 0 Å². The maximum absolute atomic E-state index is 11.9. The molecule has 1 aromatic heterocycles. The summed E-state index contributed by atoms with van der Waals surface area (Å²) < 4.78 is 39.1. The third kappa shape index (κ3) is 3.53. The van der Waals surface area contributed by atoms with E-state index in [-0.39, 0.29) is 10.8 Å². The Morgan fingerprint density at radius 1 is 1.47 bits per heavy atom. The van der Waals surface area contributed by atoms with E-state index in [0.717, 1.165) is 6.07 Å². The van der Waals surface area contributed by atoms with Crippen LogP contribution in [0.5, 0.6) is 5.88 Å². The second-order valence-corrected chi connectivity index (χ2v) is 2.58. The predicted molar refractivity (Wildman–Crippen MR) is 44.7 cm³/mol. The van der Waals surface area contributed by atoms with Crippen molar-refractivity contribution in [3.8, 4) is 5.88 Å². The van der Waals surface area contributed by atoms with Gasteiger partial charge in [-0.1, -0.05) is 16.7 Å². The lowest BCUT2D eigenvalue weighted by atomic mass is 10.4. The monoisotopic (exact) mass is 238 g/mol. The SMILES string of the molecule is [N-]=[N+]=Nc1ccc(Cl)nc1OC(F)(F)F. The van der Waals surface area contributed by atoms with Crippen LogP contribution in [0.3, 0.4) is 0 Å². The molecule has 1 heterocycles. The van der Waals surface area contributed by atoms with Crippen molar-refractivity contribution in [2.24, 2.45) is 5.11 Å². The second kappa shape index (κ2) is 4.24. The molecule has 0 aromatic carbocycles. The molecule has 9 heteroatoms. The van der Waals surface area contributed by atoms with Gasteiger partial charge >= 0.3 is 6.36 Å². The predicted octanol–water partition coefficient (Wildman–Crippen LogP) is 3.58. The molecule has 0 N–H and O–H groups in total. The molecule has 0 spiro atoms. The van der Waals surface area contributed by atoms with Gasteiger partial charge in [0.25, 0.3) is 0 Å². The summed E-state index contributed by atoms with van der Waals surface area (Å²) >= 11 is 5.35. The van der Waals surface area contributed by atoms with Crippen LogP contribution in [0, 0.1) is 0 Å². The molecule has 0 aliphatic heterocycles. The highest BCUT2D eigenvalue weighted by Gasteiger charge is 2.32. The molecule has 15 heavy (non-hydrogen) atoms. The van der Waals surface area contributed by atoms with Crippen molar-refractivity contribution in [2.75, 3.05) is 0 Å². The standard InChI is InChI=1S/C6H2ClF3N4O/c7-4-2-1-3(13-14-11)5(12-4)15-6(8,9)10/h1-2H. The fraction of sp³-hybridized carbons (Fsp3) is 0.167. The van der Waals surface area contributed by atoms with E-state index in [1.165, 1.54) is 6.07 Å². The molecule has 0 atom stereocenters. The van der Waals surface area contributed by atoms with Crippen LogP contribution in [0.1, 0.15) is 0 Å². The van der Waals surface area contributed by atoms with Crippen molar-refractivity contribution in [1.29, 1.82) is 0 Å². The van der Waals surface area contributed by atoms with E-state index < -0.39 is 12.2 Å². The van der Waals surface area contributed by atoms with Crippen LogP contribution in [0.2, 0.25) is 5.15 Å².